The molecule has 6 nitrogen and oxygen atoms in total. The molecule has 0 saturated carbocycles. The number of nitrogens with one attached hydrogen (secondary N) is 1. The van der Waals surface area contributed by atoms with Crippen LogP contribution in [0.1, 0.15) is 38.7 Å². The zero-order chi connectivity index (χ0) is 16.3. The molecule has 1 N–H and O–H groups in total. The van der Waals surface area contributed by atoms with E-state index in [1.165, 1.54) is 11.5 Å². The van der Waals surface area contributed by atoms with Crippen molar-refractivity contribution in [3.8, 4) is 17.3 Å². The van der Waals surface area contributed by atoms with Crippen LogP contribution in [-0.4, -0.2) is 30.8 Å². The molecule has 2 atom stereocenters. The van der Waals surface area contributed by atoms with Crippen LogP contribution in [0.5, 0.6) is 5.88 Å². The number of pyridine rings is 1. The molecule has 120 valence electrons. The summed E-state index contributed by atoms with van der Waals surface area (Å²) in [5, 5.41) is 0.795. The predicted molar refractivity (Wildman–Crippen MR) is 89.1 cm³/mol. The summed E-state index contributed by atoms with van der Waals surface area (Å²) in [4.78, 5) is 8.58. The lowest BCUT2D eigenvalue weighted by Gasteiger charge is -2.25. The first-order chi connectivity index (χ1) is 10.3. The molecule has 2 unspecified atom stereocenters. The lowest BCUT2D eigenvalue weighted by molar-refractivity contribution is 0.398. The molecular weight excluding hydrogens is 320 g/mol. The van der Waals surface area contributed by atoms with Gasteiger partial charge in [0.05, 0.1) is 7.11 Å². The van der Waals surface area contributed by atoms with E-state index in [0.29, 0.717) is 11.7 Å². The second-order valence-corrected chi connectivity index (χ2v) is 8.55. The monoisotopic (exact) mass is 340 g/mol. The molecule has 2 aromatic heterocycles. The van der Waals surface area contributed by atoms with Crippen molar-refractivity contribution in [3.05, 3.63) is 23.3 Å². The molecule has 0 aliphatic heterocycles. The van der Waals surface area contributed by atoms with Gasteiger partial charge in [0.15, 0.2) is 5.82 Å². The summed E-state index contributed by atoms with van der Waals surface area (Å²) >= 11 is 0.150. The van der Waals surface area contributed by atoms with E-state index in [1.807, 2.05) is 33.8 Å². The maximum atomic E-state index is 12.1. The highest BCUT2D eigenvalue weighted by atomic mass is 32.2. The Morgan fingerprint density at radius 2 is 2.14 bits per heavy atom. The van der Waals surface area contributed by atoms with Crippen LogP contribution < -0.4 is 9.46 Å². The first kappa shape index (κ1) is 17.1. The fourth-order valence-corrected chi connectivity index (χ4v) is 3.11. The van der Waals surface area contributed by atoms with Gasteiger partial charge in [0.2, 0.25) is 5.88 Å². The Balaban J connectivity index is 2.13. The number of hydrogen-bond acceptors (Lipinski definition) is 7. The lowest BCUT2D eigenvalue weighted by Crippen LogP contribution is -2.40. The van der Waals surface area contributed by atoms with Crippen molar-refractivity contribution in [2.24, 2.45) is 0 Å². The van der Waals surface area contributed by atoms with Crippen LogP contribution in [0.2, 0.25) is 0 Å². The molecule has 2 aromatic rings. The summed E-state index contributed by atoms with van der Waals surface area (Å²) in [5.41, 5.74) is 0.846. The van der Waals surface area contributed by atoms with Crippen molar-refractivity contribution < 1.29 is 9.29 Å². The van der Waals surface area contributed by atoms with E-state index in [1.54, 1.807) is 19.4 Å². The van der Waals surface area contributed by atoms with Crippen molar-refractivity contribution in [1.29, 1.82) is 0 Å². The Morgan fingerprint density at radius 3 is 2.77 bits per heavy atom. The van der Waals surface area contributed by atoms with Crippen molar-refractivity contribution in [2.45, 2.75) is 38.5 Å². The normalized spacial score (nSPS) is 14.6. The van der Waals surface area contributed by atoms with Gasteiger partial charge in [-0.1, -0.05) is 0 Å². The summed E-state index contributed by atoms with van der Waals surface area (Å²) < 4.78 is 24.4. The van der Waals surface area contributed by atoms with E-state index in [2.05, 4.69) is 19.1 Å². The molecule has 2 rings (SSSR count). The van der Waals surface area contributed by atoms with Crippen LogP contribution in [0.15, 0.2) is 18.3 Å². The van der Waals surface area contributed by atoms with E-state index in [0.717, 1.165) is 10.6 Å². The standard InChI is InChI=1S/C14H20N4O2S2/c1-9(18-22(19)14(2,3)4)13-16-12(17-21-13)10-6-7-15-11(8-10)20-5/h6-9,18H,1-5H3. The minimum Gasteiger partial charge on any atom is -0.598 e. The maximum absolute atomic E-state index is 12.1. The van der Waals surface area contributed by atoms with E-state index in [9.17, 15) is 4.55 Å². The fraction of sp³-hybridized carbons (Fsp3) is 0.500. The highest BCUT2D eigenvalue weighted by Gasteiger charge is 2.29. The quantitative estimate of drug-likeness (QED) is 0.843. The molecule has 0 saturated heterocycles. The average molecular weight is 340 g/mol. The summed E-state index contributed by atoms with van der Waals surface area (Å²) in [6.45, 7) is 7.72. The molecule has 0 aliphatic carbocycles. The predicted octanol–water partition coefficient (Wildman–Crippen LogP) is 2.72. The lowest BCUT2D eigenvalue weighted by atomic mass is 10.2. The van der Waals surface area contributed by atoms with E-state index in [4.69, 9.17) is 4.74 Å². The smallest absolute Gasteiger partial charge is 0.213 e. The largest absolute Gasteiger partial charge is 0.598 e. The molecule has 0 aliphatic rings. The summed E-state index contributed by atoms with van der Waals surface area (Å²) in [6, 6.07) is 3.49. The zero-order valence-corrected chi connectivity index (χ0v) is 14.9. The van der Waals surface area contributed by atoms with Crippen molar-refractivity contribution in [2.75, 3.05) is 7.11 Å². The number of rotatable bonds is 5. The van der Waals surface area contributed by atoms with Gasteiger partial charge in [-0.25, -0.2) is 9.97 Å². The second kappa shape index (κ2) is 6.91. The van der Waals surface area contributed by atoms with Gasteiger partial charge in [-0.05, 0) is 45.3 Å². The van der Waals surface area contributed by atoms with E-state index < -0.39 is 11.4 Å². The van der Waals surface area contributed by atoms with Crippen LogP contribution in [0.25, 0.3) is 11.4 Å². The Morgan fingerprint density at radius 1 is 1.41 bits per heavy atom. The molecule has 2 heterocycles. The molecule has 0 aromatic carbocycles. The van der Waals surface area contributed by atoms with Gasteiger partial charge < -0.3 is 9.29 Å². The van der Waals surface area contributed by atoms with E-state index in [-0.39, 0.29) is 10.8 Å². The minimum atomic E-state index is -1.15. The van der Waals surface area contributed by atoms with Gasteiger partial charge in [-0.2, -0.15) is 4.37 Å². The summed E-state index contributed by atoms with van der Waals surface area (Å²) in [7, 11) is 1.57. The van der Waals surface area contributed by atoms with Gasteiger partial charge in [-0.15, -0.1) is 4.72 Å². The first-order valence-electron chi connectivity index (χ1n) is 6.83. The Labute approximate surface area is 137 Å². The van der Waals surface area contributed by atoms with Crippen LogP contribution in [0.4, 0.5) is 0 Å². The number of methoxy groups -OCH3 is 1. The zero-order valence-electron chi connectivity index (χ0n) is 13.3. The van der Waals surface area contributed by atoms with Crippen LogP contribution >= 0.6 is 11.5 Å². The molecule has 0 spiro atoms. The Kier molecular flexibility index (Phi) is 5.38. The molecule has 22 heavy (non-hydrogen) atoms. The Bertz CT molecular complexity index is 627. The third-order valence-corrected chi connectivity index (χ3v) is 5.43. The Hall–Kier alpha value is -1.22. The van der Waals surface area contributed by atoms with Crippen LogP contribution in [-0.2, 0) is 11.4 Å². The number of aromatic nitrogens is 3. The molecule has 0 fully saturated rings. The highest BCUT2D eigenvalue weighted by Crippen LogP contribution is 2.25. The first-order valence-corrected chi connectivity index (χ1v) is 8.75. The number of nitrogens with zero attached hydrogens (tertiary/aromatic N) is 3. The second-order valence-electron chi connectivity index (χ2n) is 5.76. The van der Waals surface area contributed by atoms with Crippen molar-refractivity contribution in [3.63, 3.8) is 0 Å². The third-order valence-electron chi connectivity index (χ3n) is 2.85. The molecule has 0 bridgehead atoms. The van der Waals surface area contributed by atoms with E-state index >= 15 is 0 Å². The van der Waals surface area contributed by atoms with Crippen molar-refractivity contribution in [1.82, 2.24) is 19.1 Å². The van der Waals surface area contributed by atoms with Crippen LogP contribution in [0, 0.1) is 0 Å². The van der Waals surface area contributed by atoms with Gasteiger partial charge in [-0.3, -0.25) is 0 Å². The van der Waals surface area contributed by atoms with Crippen LogP contribution in [0.3, 0.4) is 0 Å². The molecule has 8 heteroatoms. The topological polar surface area (TPSA) is 83.0 Å². The fourth-order valence-electron chi connectivity index (χ4n) is 1.58. The molecular formula is C14H20N4O2S2. The van der Waals surface area contributed by atoms with Gasteiger partial charge >= 0.3 is 0 Å². The molecule has 0 amide bonds. The van der Waals surface area contributed by atoms with Gasteiger partial charge in [0.25, 0.3) is 0 Å². The summed E-state index contributed by atoms with van der Waals surface area (Å²) in [5.74, 6) is 1.14. The number of ether oxygens (including phenoxy) is 1. The summed E-state index contributed by atoms with van der Waals surface area (Å²) in [6.07, 6.45) is 1.66. The highest BCUT2D eigenvalue weighted by molar-refractivity contribution is 7.90. The SMILES string of the molecule is COc1cc(-c2nsc(C(C)N[S+]([O-])C(C)(C)C)n2)ccn1. The third kappa shape index (κ3) is 4.16. The minimum absolute atomic E-state index is 0.130. The van der Waals surface area contributed by atoms with Gasteiger partial charge in [0, 0.05) is 29.2 Å². The van der Waals surface area contributed by atoms with Crippen molar-refractivity contribution >= 4 is 22.9 Å². The van der Waals surface area contributed by atoms with Gasteiger partial charge in [0.1, 0.15) is 15.8 Å². The maximum Gasteiger partial charge on any atom is 0.213 e. The number of hydrogen-bond donors (Lipinski definition) is 1. The average Bonchev–Trinajstić information content (AvgIpc) is 2.96. The molecule has 0 radical (unpaired) electrons.